The molecular formula is C18H26FNO2. The fourth-order valence-electron chi connectivity index (χ4n) is 3.29. The Labute approximate surface area is 131 Å². The molecule has 1 saturated carbocycles. The molecule has 3 nitrogen and oxygen atoms in total. The van der Waals surface area contributed by atoms with Gasteiger partial charge in [-0.05, 0) is 42.4 Å². The molecule has 1 amide bonds. The first-order valence-electron chi connectivity index (χ1n) is 8.05. The summed E-state index contributed by atoms with van der Waals surface area (Å²) in [6.07, 6.45) is 4.15. The van der Waals surface area contributed by atoms with Crippen molar-refractivity contribution >= 4 is 5.91 Å². The van der Waals surface area contributed by atoms with E-state index in [1.54, 1.807) is 6.07 Å². The van der Waals surface area contributed by atoms with Crippen LogP contribution in [-0.2, 0) is 10.2 Å². The maximum Gasteiger partial charge on any atom is 0.230 e. The first-order valence-corrected chi connectivity index (χ1v) is 8.05. The van der Waals surface area contributed by atoms with E-state index in [1.165, 1.54) is 12.1 Å². The largest absolute Gasteiger partial charge is 0.396 e. The van der Waals surface area contributed by atoms with Crippen molar-refractivity contribution in [3.63, 3.8) is 0 Å². The van der Waals surface area contributed by atoms with E-state index in [-0.39, 0.29) is 23.7 Å². The van der Waals surface area contributed by atoms with E-state index < -0.39 is 5.41 Å². The second-order valence-electron chi connectivity index (χ2n) is 7.12. The number of rotatable bonds is 6. The van der Waals surface area contributed by atoms with Gasteiger partial charge in [0.2, 0.25) is 5.91 Å². The lowest BCUT2D eigenvalue weighted by Gasteiger charge is -2.31. The minimum Gasteiger partial charge on any atom is -0.396 e. The SMILES string of the molecule is CC(C)(CCO)CNC(=O)C1(c2cccc(F)c2)CCCC1. The van der Waals surface area contributed by atoms with Crippen molar-refractivity contribution in [1.29, 1.82) is 0 Å². The monoisotopic (exact) mass is 307 g/mol. The summed E-state index contributed by atoms with van der Waals surface area (Å²) in [5, 5.41) is 12.1. The molecule has 0 aromatic heterocycles. The summed E-state index contributed by atoms with van der Waals surface area (Å²) >= 11 is 0. The molecule has 2 rings (SSSR count). The molecule has 0 bridgehead atoms. The quantitative estimate of drug-likeness (QED) is 0.848. The van der Waals surface area contributed by atoms with Crippen molar-refractivity contribution < 1.29 is 14.3 Å². The molecule has 1 aromatic carbocycles. The normalized spacial score (nSPS) is 17.5. The molecule has 4 heteroatoms. The summed E-state index contributed by atoms with van der Waals surface area (Å²) in [5.41, 5.74) is 0.0336. The smallest absolute Gasteiger partial charge is 0.230 e. The van der Waals surface area contributed by atoms with Crippen molar-refractivity contribution in [3.05, 3.63) is 35.6 Å². The zero-order valence-corrected chi connectivity index (χ0v) is 13.5. The molecule has 1 aliphatic rings. The molecule has 122 valence electrons. The maximum atomic E-state index is 13.6. The molecule has 22 heavy (non-hydrogen) atoms. The van der Waals surface area contributed by atoms with Crippen molar-refractivity contribution in [2.24, 2.45) is 5.41 Å². The highest BCUT2D eigenvalue weighted by Crippen LogP contribution is 2.41. The Bertz CT molecular complexity index is 522. The van der Waals surface area contributed by atoms with Crippen molar-refractivity contribution in [1.82, 2.24) is 5.32 Å². The predicted octanol–water partition coefficient (Wildman–Crippen LogP) is 3.16. The predicted molar refractivity (Wildman–Crippen MR) is 85.0 cm³/mol. The third kappa shape index (κ3) is 3.67. The minimum absolute atomic E-state index is 0.0124. The lowest BCUT2D eigenvalue weighted by Crippen LogP contribution is -2.46. The van der Waals surface area contributed by atoms with E-state index in [0.717, 1.165) is 31.2 Å². The first kappa shape index (κ1) is 16.9. The molecule has 0 atom stereocenters. The van der Waals surface area contributed by atoms with Gasteiger partial charge in [0.05, 0.1) is 5.41 Å². The Hall–Kier alpha value is -1.42. The Balaban J connectivity index is 2.16. The molecule has 0 aliphatic heterocycles. The van der Waals surface area contributed by atoms with Crippen LogP contribution in [0.5, 0.6) is 0 Å². The molecular weight excluding hydrogens is 281 g/mol. The number of hydrogen-bond acceptors (Lipinski definition) is 2. The second-order valence-corrected chi connectivity index (χ2v) is 7.12. The minimum atomic E-state index is -0.600. The van der Waals surface area contributed by atoms with Crippen LogP contribution >= 0.6 is 0 Å². The molecule has 1 aromatic rings. The van der Waals surface area contributed by atoms with Crippen LogP contribution in [0, 0.1) is 11.2 Å². The van der Waals surface area contributed by atoms with Gasteiger partial charge in [0.25, 0.3) is 0 Å². The van der Waals surface area contributed by atoms with Gasteiger partial charge in [-0.3, -0.25) is 4.79 Å². The summed E-state index contributed by atoms with van der Waals surface area (Å²) in [4.78, 5) is 12.8. The number of carbonyl (C=O) groups is 1. The number of benzene rings is 1. The molecule has 0 radical (unpaired) electrons. The fourth-order valence-corrected chi connectivity index (χ4v) is 3.29. The zero-order chi connectivity index (χ0) is 16.2. The summed E-state index contributed by atoms with van der Waals surface area (Å²) in [5.74, 6) is -0.307. The summed E-state index contributed by atoms with van der Waals surface area (Å²) in [7, 11) is 0. The third-order valence-electron chi connectivity index (χ3n) is 4.79. The van der Waals surface area contributed by atoms with Gasteiger partial charge in [-0.25, -0.2) is 4.39 Å². The van der Waals surface area contributed by atoms with Gasteiger partial charge in [0.1, 0.15) is 5.82 Å². The highest BCUT2D eigenvalue weighted by atomic mass is 19.1. The lowest BCUT2D eigenvalue weighted by molar-refractivity contribution is -0.127. The standard InChI is InChI=1S/C18H26FNO2/c1-17(2,10-11-21)13-20-16(22)18(8-3-4-9-18)14-6-5-7-15(19)12-14/h5-7,12,21H,3-4,8-11,13H2,1-2H3,(H,20,22). The van der Waals surface area contributed by atoms with Crippen LogP contribution in [-0.4, -0.2) is 24.2 Å². The second kappa shape index (κ2) is 6.78. The number of halogens is 1. The Kier molecular flexibility index (Phi) is 5.22. The van der Waals surface area contributed by atoms with Crippen molar-refractivity contribution in [3.8, 4) is 0 Å². The van der Waals surface area contributed by atoms with E-state index in [4.69, 9.17) is 5.11 Å². The van der Waals surface area contributed by atoms with Crippen LogP contribution in [0.3, 0.4) is 0 Å². The highest BCUT2D eigenvalue weighted by Gasteiger charge is 2.43. The Morgan fingerprint density at radius 2 is 2.05 bits per heavy atom. The van der Waals surface area contributed by atoms with Crippen LogP contribution in [0.2, 0.25) is 0 Å². The van der Waals surface area contributed by atoms with E-state index >= 15 is 0 Å². The zero-order valence-electron chi connectivity index (χ0n) is 13.5. The summed E-state index contributed by atoms with van der Waals surface area (Å²) < 4.78 is 13.6. The van der Waals surface area contributed by atoms with Gasteiger partial charge >= 0.3 is 0 Å². The number of aliphatic hydroxyl groups is 1. The average molecular weight is 307 g/mol. The first-order chi connectivity index (χ1) is 10.4. The van der Waals surface area contributed by atoms with Gasteiger partial charge in [0.15, 0.2) is 0 Å². The summed E-state index contributed by atoms with van der Waals surface area (Å²) in [6.45, 7) is 4.67. The molecule has 2 N–H and O–H groups in total. The molecule has 0 spiro atoms. The maximum absolute atomic E-state index is 13.6. The highest BCUT2D eigenvalue weighted by molar-refractivity contribution is 5.88. The molecule has 0 unspecified atom stereocenters. The van der Waals surface area contributed by atoms with Crippen LogP contribution in [0.25, 0.3) is 0 Å². The Morgan fingerprint density at radius 1 is 1.36 bits per heavy atom. The van der Waals surface area contributed by atoms with Gasteiger partial charge in [-0.15, -0.1) is 0 Å². The van der Waals surface area contributed by atoms with Crippen molar-refractivity contribution in [2.75, 3.05) is 13.2 Å². The van der Waals surface area contributed by atoms with E-state index in [2.05, 4.69) is 5.32 Å². The third-order valence-corrected chi connectivity index (χ3v) is 4.79. The van der Waals surface area contributed by atoms with Crippen LogP contribution in [0.15, 0.2) is 24.3 Å². The van der Waals surface area contributed by atoms with Crippen LogP contribution in [0.4, 0.5) is 4.39 Å². The molecule has 0 saturated heterocycles. The van der Waals surface area contributed by atoms with E-state index in [9.17, 15) is 9.18 Å². The average Bonchev–Trinajstić information content (AvgIpc) is 2.95. The van der Waals surface area contributed by atoms with Gasteiger partial charge in [0, 0.05) is 13.2 Å². The topological polar surface area (TPSA) is 49.3 Å². The molecule has 0 heterocycles. The molecule has 1 fully saturated rings. The Morgan fingerprint density at radius 3 is 2.64 bits per heavy atom. The van der Waals surface area contributed by atoms with E-state index in [0.29, 0.717) is 13.0 Å². The number of hydrogen-bond donors (Lipinski definition) is 2. The van der Waals surface area contributed by atoms with Gasteiger partial charge < -0.3 is 10.4 Å². The number of amides is 1. The van der Waals surface area contributed by atoms with Gasteiger partial charge in [-0.1, -0.05) is 38.8 Å². The fraction of sp³-hybridized carbons (Fsp3) is 0.611. The number of carbonyl (C=O) groups excluding carboxylic acids is 1. The van der Waals surface area contributed by atoms with Crippen molar-refractivity contribution in [2.45, 2.75) is 51.4 Å². The van der Waals surface area contributed by atoms with Gasteiger partial charge in [-0.2, -0.15) is 0 Å². The summed E-state index contributed by atoms with van der Waals surface area (Å²) in [6, 6.07) is 6.43. The lowest BCUT2D eigenvalue weighted by atomic mass is 9.77. The van der Waals surface area contributed by atoms with Crippen LogP contribution in [0.1, 0.15) is 51.5 Å². The molecule has 1 aliphatic carbocycles. The number of nitrogens with one attached hydrogen (secondary N) is 1. The van der Waals surface area contributed by atoms with Crippen LogP contribution < -0.4 is 5.32 Å². The number of aliphatic hydroxyl groups excluding tert-OH is 1. The van der Waals surface area contributed by atoms with E-state index in [1.807, 2.05) is 19.9 Å².